The molecule has 1 atom stereocenters. The molecular formula is C11H14N2O3. The van der Waals surface area contributed by atoms with Crippen molar-refractivity contribution in [2.75, 3.05) is 0 Å². The summed E-state index contributed by atoms with van der Waals surface area (Å²) in [6.45, 7) is 1.45. The van der Waals surface area contributed by atoms with Crippen molar-refractivity contribution in [1.82, 2.24) is 9.88 Å². The molecule has 1 saturated carbocycles. The van der Waals surface area contributed by atoms with Gasteiger partial charge < -0.3 is 15.0 Å². The Kier molecular flexibility index (Phi) is 2.68. The van der Waals surface area contributed by atoms with Crippen LogP contribution in [0, 0.1) is 0 Å². The van der Waals surface area contributed by atoms with E-state index in [1.165, 1.54) is 6.92 Å². The summed E-state index contributed by atoms with van der Waals surface area (Å²) in [5, 5.41) is 11.1. The highest BCUT2D eigenvalue weighted by Crippen LogP contribution is 2.35. The van der Waals surface area contributed by atoms with Crippen molar-refractivity contribution < 1.29 is 14.7 Å². The fraction of sp³-hybridized carbons (Fsp3) is 0.455. The van der Waals surface area contributed by atoms with Gasteiger partial charge in [-0.05, 0) is 31.9 Å². The molecule has 1 heterocycles. The molecule has 0 bridgehead atoms. The minimum atomic E-state index is -1.03. The summed E-state index contributed by atoms with van der Waals surface area (Å²) in [7, 11) is 0. The van der Waals surface area contributed by atoms with E-state index in [1.54, 1.807) is 12.1 Å². The minimum Gasteiger partial charge on any atom is -0.480 e. The number of hydrogen-bond acceptors (Lipinski definition) is 2. The van der Waals surface area contributed by atoms with Crippen LogP contribution in [0.4, 0.5) is 0 Å². The second kappa shape index (κ2) is 4.00. The van der Waals surface area contributed by atoms with Gasteiger partial charge in [0.2, 0.25) is 0 Å². The van der Waals surface area contributed by atoms with Crippen LogP contribution in [0.5, 0.6) is 0 Å². The summed E-state index contributed by atoms with van der Waals surface area (Å²) in [5.74, 6) is -1.36. The second-order valence-electron chi connectivity index (χ2n) is 4.07. The number of hydrogen-bond donors (Lipinski definition) is 2. The van der Waals surface area contributed by atoms with Crippen LogP contribution in [0.2, 0.25) is 0 Å². The molecule has 1 fully saturated rings. The molecule has 5 nitrogen and oxygen atoms in total. The Morgan fingerprint density at radius 2 is 2.25 bits per heavy atom. The fourth-order valence-corrected chi connectivity index (χ4v) is 1.59. The molecule has 0 aliphatic heterocycles. The van der Waals surface area contributed by atoms with E-state index >= 15 is 0 Å². The number of nitrogens with one attached hydrogen (secondary N) is 1. The maximum absolute atomic E-state index is 11.8. The van der Waals surface area contributed by atoms with Crippen LogP contribution < -0.4 is 5.32 Å². The third kappa shape index (κ3) is 2.08. The van der Waals surface area contributed by atoms with Crippen LogP contribution in [-0.2, 0) is 4.79 Å². The van der Waals surface area contributed by atoms with E-state index in [-0.39, 0.29) is 5.91 Å². The molecule has 0 saturated heterocycles. The molecule has 0 radical (unpaired) electrons. The molecule has 1 aliphatic carbocycles. The zero-order valence-electron chi connectivity index (χ0n) is 9.01. The quantitative estimate of drug-likeness (QED) is 0.799. The van der Waals surface area contributed by atoms with Crippen LogP contribution in [0.15, 0.2) is 18.3 Å². The number of carboxylic acid groups (broad SMARTS) is 1. The summed E-state index contributed by atoms with van der Waals surface area (Å²) >= 11 is 0. The fourth-order valence-electron chi connectivity index (χ4n) is 1.59. The largest absolute Gasteiger partial charge is 0.480 e. The average Bonchev–Trinajstić information content (AvgIpc) is 2.95. The van der Waals surface area contributed by atoms with Gasteiger partial charge in [-0.1, -0.05) is 0 Å². The molecule has 2 N–H and O–H groups in total. The number of amides is 1. The van der Waals surface area contributed by atoms with Crippen LogP contribution in [0.25, 0.3) is 0 Å². The molecule has 1 aromatic rings. The molecule has 0 aromatic carbocycles. The third-order valence-electron chi connectivity index (χ3n) is 2.67. The van der Waals surface area contributed by atoms with E-state index in [9.17, 15) is 9.59 Å². The molecule has 1 aromatic heterocycles. The number of carbonyl (C=O) groups is 2. The van der Waals surface area contributed by atoms with Crippen molar-refractivity contribution >= 4 is 11.9 Å². The van der Waals surface area contributed by atoms with E-state index in [1.807, 2.05) is 10.8 Å². The SMILES string of the molecule is C[C@H](NC(=O)c1cccn1C1CC1)C(=O)O. The summed E-state index contributed by atoms with van der Waals surface area (Å²) in [6.07, 6.45) is 4.03. The van der Waals surface area contributed by atoms with Gasteiger partial charge in [0, 0.05) is 12.2 Å². The highest BCUT2D eigenvalue weighted by Gasteiger charge is 2.27. The van der Waals surface area contributed by atoms with Crippen LogP contribution in [0.3, 0.4) is 0 Å². The van der Waals surface area contributed by atoms with Crippen molar-refractivity contribution in [2.45, 2.75) is 31.8 Å². The molecule has 1 amide bonds. The Labute approximate surface area is 93.1 Å². The monoisotopic (exact) mass is 222 g/mol. The van der Waals surface area contributed by atoms with E-state index in [0.717, 1.165) is 12.8 Å². The Balaban J connectivity index is 2.08. The maximum atomic E-state index is 11.8. The normalized spacial score (nSPS) is 16.8. The van der Waals surface area contributed by atoms with Gasteiger partial charge >= 0.3 is 5.97 Å². The first-order valence-electron chi connectivity index (χ1n) is 5.30. The van der Waals surface area contributed by atoms with Crippen molar-refractivity contribution in [3.05, 3.63) is 24.0 Å². The Bertz CT molecular complexity index is 421. The van der Waals surface area contributed by atoms with E-state index in [4.69, 9.17) is 5.11 Å². The molecular weight excluding hydrogens is 208 g/mol. The van der Waals surface area contributed by atoms with Gasteiger partial charge in [-0.2, -0.15) is 0 Å². The lowest BCUT2D eigenvalue weighted by atomic mass is 10.3. The lowest BCUT2D eigenvalue weighted by Crippen LogP contribution is -2.39. The first-order valence-corrected chi connectivity index (χ1v) is 5.30. The van der Waals surface area contributed by atoms with Crippen LogP contribution >= 0.6 is 0 Å². The van der Waals surface area contributed by atoms with Gasteiger partial charge in [0.05, 0.1) is 0 Å². The second-order valence-corrected chi connectivity index (χ2v) is 4.07. The van der Waals surface area contributed by atoms with Gasteiger partial charge in [0.15, 0.2) is 0 Å². The molecule has 86 valence electrons. The first-order chi connectivity index (χ1) is 7.59. The van der Waals surface area contributed by atoms with E-state index in [2.05, 4.69) is 5.32 Å². The Morgan fingerprint density at radius 1 is 1.56 bits per heavy atom. The van der Waals surface area contributed by atoms with E-state index in [0.29, 0.717) is 11.7 Å². The standard InChI is InChI=1S/C11H14N2O3/c1-7(11(15)16)12-10(14)9-3-2-6-13(9)8-4-5-8/h2-3,6-8H,4-5H2,1H3,(H,12,14)(H,15,16)/t7-/m0/s1. The van der Waals surface area contributed by atoms with Gasteiger partial charge in [-0.25, -0.2) is 0 Å². The van der Waals surface area contributed by atoms with Crippen molar-refractivity contribution in [1.29, 1.82) is 0 Å². The van der Waals surface area contributed by atoms with Gasteiger partial charge in [-0.15, -0.1) is 0 Å². The third-order valence-corrected chi connectivity index (χ3v) is 2.67. The number of nitrogens with zero attached hydrogens (tertiary/aromatic N) is 1. The lowest BCUT2D eigenvalue weighted by molar-refractivity contribution is -0.138. The highest BCUT2D eigenvalue weighted by atomic mass is 16.4. The molecule has 1 aliphatic rings. The van der Waals surface area contributed by atoms with E-state index < -0.39 is 12.0 Å². The number of rotatable bonds is 4. The van der Waals surface area contributed by atoms with Crippen molar-refractivity contribution in [3.63, 3.8) is 0 Å². The summed E-state index contributed by atoms with van der Waals surface area (Å²) < 4.78 is 1.91. The smallest absolute Gasteiger partial charge is 0.325 e. The number of carbonyl (C=O) groups excluding carboxylic acids is 1. The maximum Gasteiger partial charge on any atom is 0.325 e. The number of aliphatic carboxylic acids is 1. The van der Waals surface area contributed by atoms with Crippen LogP contribution in [-0.4, -0.2) is 27.6 Å². The Hall–Kier alpha value is -1.78. The van der Waals surface area contributed by atoms with Gasteiger partial charge in [0.1, 0.15) is 11.7 Å². The van der Waals surface area contributed by atoms with Gasteiger partial charge in [-0.3, -0.25) is 9.59 Å². The zero-order valence-corrected chi connectivity index (χ0v) is 9.01. The predicted octanol–water partition coefficient (Wildman–Crippen LogP) is 1.03. The number of carboxylic acids is 1. The van der Waals surface area contributed by atoms with Crippen LogP contribution in [0.1, 0.15) is 36.3 Å². The summed E-state index contributed by atoms with van der Waals surface area (Å²) in [5.41, 5.74) is 0.538. The molecule has 5 heteroatoms. The topological polar surface area (TPSA) is 71.3 Å². The zero-order chi connectivity index (χ0) is 11.7. The summed E-state index contributed by atoms with van der Waals surface area (Å²) in [6, 6.07) is 3.06. The summed E-state index contributed by atoms with van der Waals surface area (Å²) in [4.78, 5) is 22.4. The van der Waals surface area contributed by atoms with Crippen molar-refractivity contribution in [2.24, 2.45) is 0 Å². The molecule has 16 heavy (non-hydrogen) atoms. The molecule has 0 spiro atoms. The minimum absolute atomic E-state index is 0.327. The first kappa shape index (κ1) is 10.7. The number of aromatic nitrogens is 1. The molecule has 2 rings (SSSR count). The predicted molar refractivity (Wildman–Crippen MR) is 57.3 cm³/mol. The van der Waals surface area contributed by atoms with Crippen molar-refractivity contribution in [3.8, 4) is 0 Å². The van der Waals surface area contributed by atoms with Gasteiger partial charge in [0.25, 0.3) is 5.91 Å². The highest BCUT2D eigenvalue weighted by molar-refractivity contribution is 5.95. The molecule has 0 unspecified atom stereocenters. The average molecular weight is 222 g/mol. The lowest BCUT2D eigenvalue weighted by Gasteiger charge is -2.11. The Morgan fingerprint density at radius 3 is 2.81 bits per heavy atom.